The molecule has 2 heteroatoms. The topological polar surface area (TPSA) is 12.0 Å². The van der Waals surface area contributed by atoms with Crippen LogP contribution in [0.3, 0.4) is 0 Å². The van der Waals surface area contributed by atoms with E-state index in [0.29, 0.717) is 6.04 Å². The molecule has 0 aliphatic rings. The van der Waals surface area contributed by atoms with Gasteiger partial charge in [0.05, 0.1) is 0 Å². The Hall–Kier alpha value is -0.0100. The number of rotatable bonds is 5. The minimum absolute atomic E-state index is 0.463. The van der Waals surface area contributed by atoms with Gasteiger partial charge in [0.15, 0.2) is 0 Å². The average Bonchev–Trinajstić information content (AvgIpc) is 1.82. The molecule has 0 saturated heterocycles. The molecular weight excluding hydrogens is 146 g/mol. The molecule has 0 fully saturated rings. The van der Waals surface area contributed by atoms with E-state index in [-0.39, 0.29) is 0 Å². The lowest BCUT2D eigenvalue weighted by Gasteiger charge is -2.10. The molecule has 0 heterocycles. The van der Waals surface area contributed by atoms with Crippen LogP contribution in [0.1, 0.15) is 26.7 Å². The number of hydrogen-bond donors (Lipinski definition) is 1. The van der Waals surface area contributed by atoms with Crippen LogP contribution in [-0.4, -0.2) is 12.6 Å². The van der Waals surface area contributed by atoms with Crippen LogP contribution in [0.15, 0.2) is 11.6 Å². The van der Waals surface area contributed by atoms with Crippen molar-refractivity contribution in [3.05, 3.63) is 11.6 Å². The molecule has 0 bridgehead atoms. The van der Waals surface area contributed by atoms with E-state index in [2.05, 4.69) is 25.7 Å². The summed E-state index contributed by atoms with van der Waals surface area (Å²) < 4.78 is 0. The van der Waals surface area contributed by atoms with Crippen molar-refractivity contribution in [1.82, 2.24) is 5.32 Å². The predicted octanol–water partition coefficient (Wildman–Crippen LogP) is 2.52. The molecule has 0 rings (SSSR count). The lowest BCUT2D eigenvalue weighted by molar-refractivity contribution is 0.548. The minimum Gasteiger partial charge on any atom is -0.314 e. The Bertz CT molecular complexity index is 101. The van der Waals surface area contributed by atoms with Crippen LogP contribution < -0.4 is 5.32 Å². The zero-order chi connectivity index (χ0) is 7.98. The standard InChI is InChI=1S/C8H16ClN/c1-4-5-10-8(3)6-7(2)9/h8,10H,2,4-6H2,1,3H3. The molecule has 1 nitrogen and oxygen atoms in total. The molecule has 0 radical (unpaired) electrons. The van der Waals surface area contributed by atoms with E-state index in [9.17, 15) is 0 Å². The molecule has 0 aromatic carbocycles. The molecular formula is C8H16ClN. The highest BCUT2D eigenvalue weighted by atomic mass is 35.5. The predicted molar refractivity (Wildman–Crippen MR) is 47.4 cm³/mol. The quantitative estimate of drug-likeness (QED) is 0.654. The summed E-state index contributed by atoms with van der Waals surface area (Å²) >= 11 is 5.62. The van der Waals surface area contributed by atoms with Crippen LogP contribution in [0, 0.1) is 0 Å². The van der Waals surface area contributed by atoms with Crippen LogP contribution in [0.5, 0.6) is 0 Å². The van der Waals surface area contributed by atoms with E-state index in [4.69, 9.17) is 11.6 Å². The Kier molecular flexibility index (Phi) is 5.74. The van der Waals surface area contributed by atoms with Crippen molar-refractivity contribution in [3.63, 3.8) is 0 Å². The summed E-state index contributed by atoms with van der Waals surface area (Å²) in [6.45, 7) is 8.95. The molecule has 0 aliphatic carbocycles. The van der Waals surface area contributed by atoms with E-state index in [1.807, 2.05) is 0 Å². The largest absolute Gasteiger partial charge is 0.314 e. The molecule has 1 N–H and O–H groups in total. The number of nitrogens with one attached hydrogen (secondary N) is 1. The summed E-state index contributed by atoms with van der Waals surface area (Å²) in [5.74, 6) is 0. The average molecular weight is 162 g/mol. The van der Waals surface area contributed by atoms with Gasteiger partial charge in [0.1, 0.15) is 0 Å². The van der Waals surface area contributed by atoms with Crippen LogP contribution in [0.25, 0.3) is 0 Å². The first-order chi connectivity index (χ1) is 4.66. The first-order valence-corrected chi connectivity index (χ1v) is 4.11. The van der Waals surface area contributed by atoms with Crippen molar-refractivity contribution in [2.75, 3.05) is 6.54 Å². The fourth-order valence-electron chi connectivity index (χ4n) is 0.795. The van der Waals surface area contributed by atoms with Crippen LogP contribution in [-0.2, 0) is 0 Å². The second kappa shape index (κ2) is 5.75. The van der Waals surface area contributed by atoms with Crippen molar-refractivity contribution in [2.24, 2.45) is 0 Å². The number of halogens is 1. The summed E-state index contributed by atoms with van der Waals surface area (Å²) in [5, 5.41) is 4.05. The van der Waals surface area contributed by atoms with Crippen LogP contribution >= 0.6 is 11.6 Å². The molecule has 0 spiro atoms. The van der Waals surface area contributed by atoms with Crippen LogP contribution in [0.2, 0.25) is 0 Å². The van der Waals surface area contributed by atoms with Gasteiger partial charge in [-0.1, -0.05) is 25.1 Å². The molecule has 0 aliphatic heterocycles. The van der Waals surface area contributed by atoms with Crippen LogP contribution in [0.4, 0.5) is 0 Å². The second-order valence-corrected chi connectivity index (χ2v) is 3.11. The Morgan fingerprint density at radius 3 is 2.70 bits per heavy atom. The Labute approximate surface area is 68.5 Å². The van der Waals surface area contributed by atoms with Gasteiger partial charge in [0.25, 0.3) is 0 Å². The molecule has 0 aromatic rings. The van der Waals surface area contributed by atoms with Gasteiger partial charge in [-0.25, -0.2) is 0 Å². The van der Waals surface area contributed by atoms with Gasteiger partial charge < -0.3 is 5.32 Å². The van der Waals surface area contributed by atoms with Crippen molar-refractivity contribution in [2.45, 2.75) is 32.7 Å². The van der Waals surface area contributed by atoms with Gasteiger partial charge in [-0.2, -0.15) is 0 Å². The maximum absolute atomic E-state index is 5.62. The first-order valence-electron chi connectivity index (χ1n) is 3.73. The fourth-order valence-corrected chi connectivity index (χ4v) is 1.03. The Morgan fingerprint density at radius 1 is 1.70 bits per heavy atom. The summed E-state index contributed by atoms with van der Waals surface area (Å²) in [6, 6.07) is 0.463. The minimum atomic E-state index is 0.463. The third kappa shape index (κ3) is 6.12. The van der Waals surface area contributed by atoms with Crippen molar-refractivity contribution < 1.29 is 0 Å². The maximum atomic E-state index is 5.62. The van der Waals surface area contributed by atoms with Gasteiger partial charge in [0, 0.05) is 11.1 Å². The third-order valence-electron chi connectivity index (χ3n) is 1.27. The molecule has 0 aromatic heterocycles. The Balaban J connectivity index is 3.25. The van der Waals surface area contributed by atoms with Crippen molar-refractivity contribution >= 4 is 11.6 Å². The SMILES string of the molecule is C=C(Cl)CC(C)NCCC. The van der Waals surface area contributed by atoms with Gasteiger partial charge in [0.2, 0.25) is 0 Å². The molecule has 0 amide bonds. The highest BCUT2D eigenvalue weighted by molar-refractivity contribution is 6.29. The summed E-state index contributed by atoms with van der Waals surface area (Å²) in [4.78, 5) is 0. The van der Waals surface area contributed by atoms with E-state index < -0.39 is 0 Å². The van der Waals surface area contributed by atoms with E-state index in [1.54, 1.807) is 0 Å². The smallest absolute Gasteiger partial charge is 0.0124 e. The first kappa shape index (κ1) is 9.99. The normalized spacial score (nSPS) is 13.1. The lowest BCUT2D eigenvalue weighted by atomic mass is 10.2. The Morgan fingerprint density at radius 2 is 2.30 bits per heavy atom. The molecule has 1 unspecified atom stereocenters. The lowest BCUT2D eigenvalue weighted by Crippen LogP contribution is -2.26. The summed E-state index contributed by atoms with van der Waals surface area (Å²) in [6.07, 6.45) is 2.03. The monoisotopic (exact) mass is 161 g/mol. The highest BCUT2D eigenvalue weighted by Gasteiger charge is 1.99. The highest BCUT2D eigenvalue weighted by Crippen LogP contribution is 2.06. The number of hydrogen-bond acceptors (Lipinski definition) is 1. The third-order valence-corrected chi connectivity index (χ3v) is 1.42. The zero-order valence-corrected chi connectivity index (χ0v) is 7.54. The van der Waals surface area contributed by atoms with E-state index in [0.717, 1.165) is 18.0 Å². The second-order valence-electron chi connectivity index (χ2n) is 2.58. The summed E-state index contributed by atoms with van der Waals surface area (Å²) in [5.41, 5.74) is 0. The fraction of sp³-hybridized carbons (Fsp3) is 0.750. The van der Waals surface area contributed by atoms with Gasteiger partial charge >= 0.3 is 0 Å². The maximum Gasteiger partial charge on any atom is 0.0124 e. The van der Waals surface area contributed by atoms with E-state index in [1.165, 1.54) is 6.42 Å². The van der Waals surface area contributed by atoms with Gasteiger partial charge in [-0.15, -0.1) is 0 Å². The van der Waals surface area contributed by atoms with Crippen molar-refractivity contribution in [1.29, 1.82) is 0 Å². The van der Waals surface area contributed by atoms with Gasteiger partial charge in [-0.05, 0) is 26.3 Å². The molecule has 0 saturated carbocycles. The zero-order valence-electron chi connectivity index (χ0n) is 6.78. The molecule has 10 heavy (non-hydrogen) atoms. The molecule has 60 valence electrons. The molecule has 1 atom stereocenters. The van der Waals surface area contributed by atoms with E-state index >= 15 is 0 Å². The van der Waals surface area contributed by atoms with Crippen molar-refractivity contribution in [3.8, 4) is 0 Å². The van der Waals surface area contributed by atoms with Gasteiger partial charge in [-0.3, -0.25) is 0 Å². The summed E-state index contributed by atoms with van der Waals surface area (Å²) in [7, 11) is 0.